The summed E-state index contributed by atoms with van der Waals surface area (Å²) >= 11 is 0. The average molecular weight is 571 g/mol. The molecule has 0 amide bonds. The molecule has 5 nitrogen and oxygen atoms in total. The van der Waals surface area contributed by atoms with Gasteiger partial charge in [-0.25, -0.2) is 0 Å². The van der Waals surface area contributed by atoms with Crippen LogP contribution < -0.4 is 0 Å². The highest BCUT2D eigenvalue weighted by atomic mass is 19.4. The quantitative estimate of drug-likeness (QED) is 0.307. The molecule has 5 saturated carbocycles. The number of alkyl halides is 3. The Hall–Kier alpha value is -1.12. The van der Waals surface area contributed by atoms with E-state index >= 15 is 0 Å². The third-order valence-corrected chi connectivity index (χ3v) is 13.5. The molecule has 0 saturated heterocycles. The van der Waals surface area contributed by atoms with Crippen LogP contribution in [0.3, 0.4) is 0 Å². The summed E-state index contributed by atoms with van der Waals surface area (Å²) < 4.78 is 46.2. The number of carbonyl (C=O) groups is 1. The maximum absolute atomic E-state index is 13.5. The molecule has 1 spiro atoms. The summed E-state index contributed by atoms with van der Waals surface area (Å²) in [5.41, 5.74) is -2.08. The van der Waals surface area contributed by atoms with Crippen LogP contribution in [0.15, 0.2) is 11.6 Å². The van der Waals surface area contributed by atoms with Crippen LogP contribution in [0.4, 0.5) is 13.2 Å². The molecule has 0 radical (unpaired) electrons. The lowest BCUT2D eigenvalue weighted by atomic mass is 9.36. The van der Waals surface area contributed by atoms with Gasteiger partial charge in [0.2, 0.25) is 0 Å². The van der Waals surface area contributed by atoms with Gasteiger partial charge in [-0.2, -0.15) is 13.2 Å². The van der Waals surface area contributed by atoms with E-state index in [9.17, 15) is 33.3 Å². The van der Waals surface area contributed by atoms with Crippen molar-refractivity contribution >= 4 is 5.97 Å². The molecule has 3 N–H and O–H groups in total. The van der Waals surface area contributed by atoms with Crippen molar-refractivity contribution in [1.82, 2.24) is 0 Å². The molecule has 40 heavy (non-hydrogen) atoms. The molecule has 0 aromatic heterocycles. The van der Waals surface area contributed by atoms with Gasteiger partial charge in [0.15, 0.2) is 0 Å². The first-order chi connectivity index (χ1) is 18.4. The number of carboxylic acids is 1. The van der Waals surface area contributed by atoms with Gasteiger partial charge in [0.25, 0.3) is 0 Å². The fraction of sp³-hybridized carbons (Fsp3) is 0.906. The second-order valence-corrected chi connectivity index (χ2v) is 15.3. The number of allylic oxidation sites excluding steroid dienone is 2. The summed E-state index contributed by atoms with van der Waals surface area (Å²) in [5, 5.41) is 33.3. The Bertz CT molecular complexity index is 1060. The van der Waals surface area contributed by atoms with Crippen molar-refractivity contribution in [2.24, 2.45) is 50.7 Å². The van der Waals surface area contributed by atoms with Crippen LogP contribution in [0.25, 0.3) is 0 Å². The zero-order valence-electron chi connectivity index (χ0n) is 25.0. The SMILES string of the molecule is CC(C)=CCC[C@]1(C(=O)O)C[C@@]12[C@@H](OCC(F)(F)F)C[C@@]1(C)[C@H]2CC(O)C2[C@]1(C)CC[C@H]1[C@H](C)[C@H](O)CC[C@]21C. The number of hydrogen-bond acceptors (Lipinski definition) is 4. The first kappa shape index (κ1) is 30.3. The van der Waals surface area contributed by atoms with Gasteiger partial charge in [-0.15, -0.1) is 0 Å². The van der Waals surface area contributed by atoms with Crippen molar-refractivity contribution in [3.63, 3.8) is 0 Å². The Morgan fingerprint density at radius 3 is 2.33 bits per heavy atom. The smallest absolute Gasteiger partial charge is 0.411 e. The van der Waals surface area contributed by atoms with Crippen molar-refractivity contribution in [3.8, 4) is 0 Å². The Balaban J connectivity index is 1.58. The zero-order valence-corrected chi connectivity index (χ0v) is 25.0. The minimum atomic E-state index is -4.50. The third-order valence-electron chi connectivity index (χ3n) is 13.5. The predicted molar refractivity (Wildman–Crippen MR) is 145 cm³/mol. The molecular weight excluding hydrogens is 521 g/mol. The standard InChI is InChI=1S/C32H49F3O5/c1-18(2)8-7-11-30(26(38)39)16-31(30)23-14-22(37)25-27(4)12-10-21(36)19(3)20(27)9-13-28(25,5)29(23,6)15-24(31)40-17-32(33,34)35/h8,19-25,36-37H,7,9-17H2,1-6H3,(H,38,39)/t19-,20-,21+,22?,23+,24-,25?,27-,28-,29-,30+,31+/m0/s1. The van der Waals surface area contributed by atoms with E-state index in [-0.39, 0.29) is 35.2 Å². The molecule has 228 valence electrons. The highest BCUT2D eigenvalue weighted by Gasteiger charge is 2.86. The van der Waals surface area contributed by atoms with Gasteiger partial charge in [-0.05, 0) is 112 Å². The lowest BCUT2D eigenvalue weighted by molar-refractivity contribution is -0.241. The van der Waals surface area contributed by atoms with E-state index in [0.717, 1.165) is 24.8 Å². The summed E-state index contributed by atoms with van der Waals surface area (Å²) in [6, 6.07) is 0. The number of carboxylic acid groups (broad SMARTS) is 1. The predicted octanol–water partition coefficient (Wildman–Crippen LogP) is 6.76. The molecule has 0 bridgehead atoms. The summed E-state index contributed by atoms with van der Waals surface area (Å²) in [4.78, 5) is 13.0. The van der Waals surface area contributed by atoms with E-state index in [4.69, 9.17) is 4.74 Å². The van der Waals surface area contributed by atoms with Gasteiger partial charge in [-0.3, -0.25) is 4.79 Å². The van der Waals surface area contributed by atoms with E-state index in [2.05, 4.69) is 27.7 Å². The zero-order chi connectivity index (χ0) is 29.7. The summed E-state index contributed by atoms with van der Waals surface area (Å²) in [6.45, 7) is 11.3. The third kappa shape index (κ3) is 4.00. The topological polar surface area (TPSA) is 87.0 Å². The van der Waals surface area contributed by atoms with Gasteiger partial charge in [0.05, 0.1) is 23.7 Å². The van der Waals surface area contributed by atoms with Crippen molar-refractivity contribution in [2.75, 3.05) is 6.61 Å². The fourth-order valence-corrected chi connectivity index (χ4v) is 11.6. The number of halogens is 3. The number of rotatable bonds is 6. The van der Waals surface area contributed by atoms with Crippen molar-refractivity contribution in [2.45, 2.75) is 124 Å². The van der Waals surface area contributed by atoms with E-state index in [1.807, 2.05) is 19.9 Å². The van der Waals surface area contributed by atoms with Crippen LogP contribution in [-0.4, -0.2) is 52.4 Å². The molecule has 0 aromatic carbocycles. The summed E-state index contributed by atoms with van der Waals surface area (Å²) in [6.07, 6.45) is 0.795. The molecule has 0 heterocycles. The molecule has 0 aromatic rings. The van der Waals surface area contributed by atoms with Gasteiger partial charge >= 0.3 is 12.1 Å². The second-order valence-electron chi connectivity index (χ2n) is 15.3. The molecule has 8 heteroatoms. The minimum Gasteiger partial charge on any atom is -0.481 e. The van der Waals surface area contributed by atoms with Gasteiger partial charge in [-0.1, -0.05) is 39.3 Å². The number of ether oxygens (including phenoxy) is 1. The van der Waals surface area contributed by atoms with E-state index in [1.54, 1.807) is 0 Å². The number of fused-ring (bicyclic) bond motifs is 6. The number of aliphatic carboxylic acids is 1. The van der Waals surface area contributed by atoms with E-state index < -0.39 is 52.6 Å². The van der Waals surface area contributed by atoms with E-state index in [0.29, 0.717) is 38.5 Å². The monoisotopic (exact) mass is 570 g/mol. The first-order valence-corrected chi connectivity index (χ1v) is 15.3. The van der Waals surface area contributed by atoms with Crippen molar-refractivity contribution in [3.05, 3.63) is 11.6 Å². The summed E-state index contributed by atoms with van der Waals surface area (Å²) in [7, 11) is 0. The molecule has 5 fully saturated rings. The number of aliphatic hydroxyl groups is 2. The Kier molecular flexibility index (Phi) is 7.16. The van der Waals surface area contributed by atoms with Gasteiger partial charge in [0, 0.05) is 5.41 Å². The maximum Gasteiger partial charge on any atom is 0.411 e. The van der Waals surface area contributed by atoms with Crippen LogP contribution in [0.5, 0.6) is 0 Å². The molecule has 0 aliphatic heterocycles. The van der Waals surface area contributed by atoms with Crippen LogP contribution in [0.1, 0.15) is 99.3 Å². The second kappa shape index (κ2) is 9.44. The number of aliphatic hydroxyl groups excluding tert-OH is 2. The normalized spacial score (nSPS) is 51.5. The highest BCUT2D eigenvalue weighted by molar-refractivity contribution is 5.81. The maximum atomic E-state index is 13.5. The minimum absolute atomic E-state index is 0.0722. The fourth-order valence-electron chi connectivity index (χ4n) is 11.6. The van der Waals surface area contributed by atoms with Gasteiger partial charge in [0.1, 0.15) is 6.61 Å². The molecular formula is C32H49F3O5. The van der Waals surface area contributed by atoms with Crippen LogP contribution in [0, 0.1) is 50.7 Å². The molecule has 2 unspecified atom stereocenters. The van der Waals surface area contributed by atoms with E-state index in [1.165, 1.54) is 0 Å². The molecule has 5 rings (SSSR count). The lowest BCUT2D eigenvalue weighted by Crippen LogP contribution is -2.66. The van der Waals surface area contributed by atoms with Gasteiger partial charge < -0.3 is 20.1 Å². The first-order valence-electron chi connectivity index (χ1n) is 15.3. The molecule has 12 atom stereocenters. The highest BCUT2D eigenvalue weighted by Crippen LogP contribution is 2.85. The largest absolute Gasteiger partial charge is 0.481 e. The Morgan fingerprint density at radius 2 is 1.73 bits per heavy atom. The van der Waals surface area contributed by atoms with Crippen LogP contribution in [-0.2, 0) is 9.53 Å². The van der Waals surface area contributed by atoms with Crippen LogP contribution in [0.2, 0.25) is 0 Å². The summed E-state index contributed by atoms with van der Waals surface area (Å²) in [5.74, 6) is -0.884. The lowest BCUT2D eigenvalue weighted by Gasteiger charge is -2.69. The molecule has 5 aliphatic rings. The Labute approximate surface area is 236 Å². The Morgan fingerprint density at radius 1 is 1.05 bits per heavy atom. The van der Waals surface area contributed by atoms with Crippen molar-refractivity contribution < 1.29 is 38.0 Å². The average Bonchev–Trinajstić information content (AvgIpc) is 3.44. The molecule has 5 aliphatic carbocycles. The van der Waals surface area contributed by atoms with Crippen molar-refractivity contribution in [1.29, 1.82) is 0 Å². The van der Waals surface area contributed by atoms with Crippen LogP contribution >= 0.6 is 0 Å². The number of hydrogen-bond donors (Lipinski definition) is 3.